The fourth-order valence-corrected chi connectivity index (χ4v) is 2.40. The predicted octanol–water partition coefficient (Wildman–Crippen LogP) is 1.45. The van der Waals surface area contributed by atoms with Gasteiger partial charge in [-0.15, -0.1) is 0 Å². The van der Waals surface area contributed by atoms with Crippen LogP contribution in [0.15, 0.2) is 0 Å². The van der Waals surface area contributed by atoms with Gasteiger partial charge in [-0.2, -0.15) is 0 Å². The largest absolute Gasteiger partial charge is 0.480 e. The second kappa shape index (κ2) is 5.88. The van der Waals surface area contributed by atoms with E-state index in [1.165, 1.54) is 0 Å². The first-order valence-electron chi connectivity index (χ1n) is 5.34. The Labute approximate surface area is 97.8 Å². The number of carbonyl (C=O) groups is 2. The molecule has 0 rings (SSSR count). The molecule has 0 saturated heterocycles. The molecule has 0 saturated carbocycles. The van der Waals surface area contributed by atoms with E-state index in [0.29, 0.717) is 6.04 Å². The number of hydrogen-bond donors (Lipinski definition) is 2. The van der Waals surface area contributed by atoms with Crippen LogP contribution in [0.4, 0.5) is 4.79 Å². The molecule has 1 atom stereocenters. The van der Waals surface area contributed by atoms with Gasteiger partial charge in [0, 0.05) is 8.80 Å². The van der Waals surface area contributed by atoms with Crippen molar-refractivity contribution in [1.29, 1.82) is 0 Å². The predicted molar refractivity (Wildman–Crippen MR) is 64.5 cm³/mol. The minimum atomic E-state index is -1.05. The fourth-order valence-electron chi connectivity index (χ4n) is 1.14. The summed E-state index contributed by atoms with van der Waals surface area (Å²) in [6, 6.07) is -0.310. The van der Waals surface area contributed by atoms with Crippen molar-refractivity contribution < 1.29 is 19.4 Å². The first-order valence-corrected chi connectivity index (χ1v) is 8.46. The molecule has 94 valence electrons. The summed E-state index contributed by atoms with van der Waals surface area (Å²) in [5.74, 6) is -1.01. The normalized spacial score (nSPS) is 13.4. The quantitative estimate of drug-likeness (QED) is 0.737. The Morgan fingerprint density at radius 2 is 1.88 bits per heavy atom. The molecule has 0 bridgehead atoms. The molecule has 0 radical (unpaired) electrons. The van der Waals surface area contributed by atoms with Gasteiger partial charge in [-0.1, -0.05) is 13.1 Å². The van der Waals surface area contributed by atoms with E-state index in [2.05, 4.69) is 5.32 Å². The number of carboxylic acid groups (broad SMARTS) is 1. The number of hydrogen-bond acceptors (Lipinski definition) is 3. The molecule has 6 heteroatoms. The maximum absolute atomic E-state index is 11.4. The van der Waals surface area contributed by atoms with E-state index < -0.39 is 32.5 Å². The van der Waals surface area contributed by atoms with E-state index >= 15 is 0 Å². The van der Waals surface area contributed by atoms with E-state index in [-0.39, 0.29) is 0 Å². The van der Waals surface area contributed by atoms with Gasteiger partial charge in [0.25, 0.3) is 0 Å². The van der Waals surface area contributed by atoms with Crippen LogP contribution in [0.1, 0.15) is 20.8 Å². The van der Waals surface area contributed by atoms with E-state index in [4.69, 9.17) is 9.84 Å². The van der Waals surface area contributed by atoms with Gasteiger partial charge < -0.3 is 15.2 Å². The van der Waals surface area contributed by atoms with Crippen LogP contribution >= 0.6 is 0 Å². The lowest BCUT2D eigenvalue weighted by atomic mass is 10.2. The minimum absolute atomic E-state index is 0.522. The van der Waals surface area contributed by atoms with Crippen molar-refractivity contribution in [2.24, 2.45) is 0 Å². The Morgan fingerprint density at radius 1 is 1.38 bits per heavy atom. The van der Waals surface area contributed by atoms with Crippen LogP contribution < -0.4 is 5.32 Å². The number of carbonyl (C=O) groups excluding carboxylic acids is 1. The Balaban J connectivity index is 4.30. The smallest absolute Gasteiger partial charge is 0.408 e. The van der Waals surface area contributed by atoms with Gasteiger partial charge in [-0.25, -0.2) is 4.79 Å². The summed E-state index contributed by atoms with van der Waals surface area (Å²) in [5.41, 5.74) is -0.609. The molecular formula is C10H21NO4Si. The Bertz CT molecular complexity index is 260. The molecule has 5 nitrogen and oxygen atoms in total. The summed E-state index contributed by atoms with van der Waals surface area (Å²) < 4.78 is 5.00. The molecule has 0 spiro atoms. The molecule has 0 aliphatic heterocycles. The monoisotopic (exact) mass is 247 g/mol. The molecule has 0 aromatic carbocycles. The molecule has 0 aromatic heterocycles. The Morgan fingerprint density at radius 3 is 2.19 bits per heavy atom. The highest BCUT2D eigenvalue weighted by molar-refractivity contribution is 6.56. The molecule has 0 unspecified atom stereocenters. The average molecular weight is 247 g/mol. The third kappa shape index (κ3) is 7.28. The SMILES string of the molecule is C[SiH](C)C[C@H](NC(=O)OC(C)(C)C)C(=O)O. The Kier molecular flexibility index (Phi) is 5.50. The molecule has 0 aromatic rings. The van der Waals surface area contributed by atoms with E-state index in [1.807, 2.05) is 13.1 Å². The van der Waals surface area contributed by atoms with Crippen LogP contribution in [0.5, 0.6) is 0 Å². The number of aliphatic carboxylic acids is 1. The second-order valence-corrected chi connectivity index (χ2v) is 8.43. The van der Waals surface area contributed by atoms with Gasteiger partial charge in [0.1, 0.15) is 11.6 Å². The third-order valence-electron chi connectivity index (χ3n) is 1.70. The molecule has 0 aliphatic rings. The molecule has 0 fully saturated rings. The first-order chi connectivity index (χ1) is 7.11. The summed E-state index contributed by atoms with van der Waals surface area (Å²) >= 11 is 0. The van der Waals surface area contributed by atoms with Gasteiger partial charge in [0.2, 0.25) is 0 Å². The third-order valence-corrected chi connectivity index (χ3v) is 3.11. The highest BCUT2D eigenvalue weighted by atomic mass is 28.3. The van der Waals surface area contributed by atoms with Crippen molar-refractivity contribution >= 4 is 20.9 Å². The number of amides is 1. The fraction of sp³-hybridized carbons (Fsp3) is 0.800. The zero-order chi connectivity index (χ0) is 12.9. The van der Waals surface area contributed by atoms with Gasteiger partial charge in [0.05, 0.1) is 0 Å². The zero-order valence-corrected chi connectivity index (χ0v) is 11.7. The van der Waals surface area contributed by atoms with Crippen molar-refractivity contribution in [3.63, 3.8) is 0 Å². The van der Waals surface area contributed by atoms with E-state index in [0.717, 1.165) is 0 Å². The highest BCUT2D eigenvalue weighted by Crippen LogP contribution is 2.08. The summed E-state index contributed by atoms with van der Waals surface area (Å²) in [4.78, 5) is 22.3. The van der Waals surface area contributed by atoms with Crippen LogP contribution in [0, 0.1) is 0 Å². The molecule has 1 amide bonds. The maximum Gasteiger partial charge on any atom is 0.408 e. The van der Waals surface area contributed by atoms with Crippen LogP contribution in [-0.2, 0) is 9.53 Å². The van der Waals surface area contributed by atoms with Crippen LogP contribution in [0.25, 0.3) is 0 Å². The highest BCUT2D eigenvalue weighted by Gasteiger charge is 2.24. The molecule has 0 heterocycles. The van der Waals surface area contributed by atoms with Crippen LogP contribution in [-0.4, -0.2) is 37.6 Å². The lowest BCUT2D eigenvalue weighted by molar-refractivity contribution is -0.139. The zero-order valence-electron chi connectivity index (χ0n) is 10.5. The van der Waals surface area contributed by atoms with Crippen molar-refractivity contribution in [2.75, 3.05) is 0 Å². The molecule has 0 aliphatic carbocycles. The summed E-state index contributed by atoms with van der Waals surface area (Å²) in [6.07, 6.45) is -0.672. The number of rotatable bonds is 4. The maximum atomic E-state index is 11.4. The average Bonchev–Trinajstić information content (AvgIpc) is 1.97. The van der Waals surface area contributed by atoms with Crippen molar-refractivity contribution in [1.82, 2.24) is 5.32 Å². The van der Waals surface area contributed by atoms with Crippen molar-refractivity contribution in [2.45, 2.75) is 51.6 Å². The first kappa shape index (κ1) is 15.0. The molecule has 2 N–H and O–H groups in total. The van der Waals surface area contributed by atoms with Crippen molar-refractivity contribution in [3.8, 4) is 0 Å². The minimum Gasteiger partial charge on any atom is -0.480 e. The van der Waals surface area contributed by atoms with Gasteiger partial charge in [-0.3, -0.25) is 4.79 Å². The summed E-state index contributed by atoms with van der Waals surface area (Å²) in [7, 11) is -1.05. The molecule has 16 heavy (non-hydrogen) atoms. The van der Waals surface area contributed by atoms with Crippen molar-refractivity contribution in [3.05, 3.63) is 0 Å². The number of alkyl carbamates (subject to hydrolysis) is 1. The number of ether oxygens (including phenoxy) is 1. The number of nitrogens with one attached hydrogen (secondary N) is 1. The van der Waals surface area contributed by atoms with Crippen LogP contribution in [0.3, 0.4) is 0 Å². The van der Waals surface area contributed by atoms with Crippen LogP contribution in [0.2, 0.25) is 19.1 Å². The van der Waals surface area contributed by atoms with E-state index in [9.17, 15) is 9.59 Å². The lowest BCUT2D eigenvalue weighted by Crippen LogP contribution is -2.44. The number of carboxylic acids is 1. The Hall–Kier alpha value is -1.04. The van der Waals surface area contributed by atoms with Gasteiger partial charge >= 0.3 is 12.1 Å². The van der Waals surface area contributed by atoms with Gasteiger partial charge in [-0.05, 0) is 26.8 Å². The van der Waals surface area contributed by atoms with Gasteiger partial charge in [0.15, 0.2) is 0 Å². The summed E-state index contributed by atoms with van der Waals surface area (Å²) in [5, 5.41) is 11.3. The summed E-state index contributed by atoms with van der Waals surface area (Å²) in [6.45, 7) is 9.28. The lowest BCUT2D eigenvalue weighted by Gasteiger charge is -2.22. The second-order valence-electron chi connectivity index (χ2n) is 5.17. The van der Waals surface area contributed by atoms with E-state index in [1.54, 1.807) is 20.8 Å². The standard InChI is InChI=1S/C10H21NO4Si/c1-10(2,3)15-9(14)11-7(8(12)13)6-16(4)5/h7,16H,6H2,1-5H3,(H,11,14)(H,12,13)/t7-/m0/s1. The topological polar surface area (TPSA) is 75.6 Å². The molecular weight excluding hydrogens is 226 g/mol.